The van der Waals surface area contributed by atoms with Crippen molar-refractivity contribution in [2.24, 2.45) is 11.0 Å². The van der Waals surface area contributed by atoms with E-state index in [1.54, 1.807) is 0 Å². The molecule has 1 saturated heterocycles. The van der Waals surface area contributed by atoms with Crippen LogP contribution in [0.15, 0.2) is 5.11 Å². The molecule has 0 aromatic carbocycles. The number of carbonyl (C=O) groups excluding carboxylic acids is 2. The van der Waals surface area contributed by atoms with Crippen molar-refractivity contribution in [2.45, 2.75) is 77.0 Å². The molecule has 0 bridgehead atoms. The van der Waals surface area contributed by atoms with Gasteiger partial charge in [-0.1, -0.05) is 43.6 Å². The Labute approximate surface area is 139 Å². The Morgan fingerprint density at radius 3 is 2.48 bits per heavy atom. The van der Waals surface area contributed by atoms with Crippen LogP contribution in [0, 0.1) is 5.92 Å². The number of azide groups is 1. The number of ketones is 1. The molecule has 23 heavy (non-hydrogen) atoms. The van der Waals surface area contributed by atoms with Gasteiger partial charge in [0.1, 0.15) is 5.78 Å². The average molecular weight is 322 g/mol. The fraction of sp³-hybridized carbons (Fsp3) is 0.882. The second kappa shape index (κ2) is 12.9. The first-order chi connectivity index (χ1) is 11.2. The van der Waals surface area contributed by atoms with Crippen LogP contribution in [0.1, 0.15) is 77.0 Å². The van der Waals surface area contributed by atoms with Gasteiger partial charge in [0.25, 0.3) is 0 Å². The van der Waals surface area contributed by atoms with Crippen molar-refractivity contribution in [3.05, 3.63) is 10.4 Å². The zero-order valence-corrected chi connectivity index (χ0v) is 14.1. The van der Waals surface area contributed by atoms with E-state index in [-0.39, 0.29) is 17.6 Å². The van der Waals surface area contributed by atoms with Gasteiger partial charge >= 0.3 is 0 Å². The summed E-state index contributed by atoms with van der Waals surface area (Å²) < 4.78 is 0. The topological polar surface area (TPSA) is 94.9 Å². The summed E-state index contributed by atoms with van der Waals surface area (Å²) in [6.07, 6.45) is 11.7. The van der Waals surface area contributed by atoms with Crippen molar-refractivity contribution < 1.29 is 9.59 Å². The van der Waals surface area contributed by atoms with Gasteiger partial charge in [-0.15, -0.1) is 0 Å². The molecule has 6 heteroatoms. The second-order valence-corrected chi connectivity index (χ2v) is 6.39. The molecule has 0 spiro atoms. The molecule has 0 radical (unpaired) electrons. The first-order valence-electron chi connectivity index (χ1n) is 9.04. The number of hydrogen-bond acceptors (Lipinski definition) is 3. The molecule has 0 aromatic heterocycles. The van der Waals surface area contributed by atoms with Crippen LogP contribution in [0.2, 0.25) is 0 Å². The molecule has 6 nitrogen and oxygen atoms in total. The molecule has 0 aromatic rings. The SMILES string of the molecule is [N-]=[N+]=NCCCCCCCCCCC(=O)[C@H]1CCCNC(=O)C1. The molecule has 1 rings (SSSR count). The van der Waals surface area contributed by atoms with Gasteiger partial charge in [0.2, 0.25) is 5.91 Å². The summed E-state index contributed by atoms with van der Waals surface area (Å²) >= 11 is 0. The van der Waals surface area contributed by atoms with Gasteiger partial charge in [0.15, 0.2) is 0 Å². The van der Waals surface area contributed by atoms with E-state index in [4.69, 9.17) is 5.53 Å². The Kier molecular flexibility index (Phi) is 11.0. The van der Waals surface area contributed by atoms with Crippen LogP contribution < -0.4 is 5.32 Å². The van der Waals surface area contributed by atoms with Crippen LogP contribution in [0.5, 0.6) is 0 Å². The molecule has 0 saturated carbocycles. The minimum absolute atomic E-state index is 0.0290. The molecule has 1 fully saturated rings. The molecule has 1 aliphatic heterocycles. The molecular formula is C17H30N4O2. The molecule has 1 N–H and O–H groups in total. The van der Waals surface area contributed by atoms with Crippen LogP contribution >= 0.6 is 0 Å². The Bertz CT molecular complexity index is 405. The molecule has 1 amide bonds. The minimum Gasteiger partial charge on any atom is -0.356 e. The number of amides is 1. The lowest BCUT2D eigenvalue weighted by Crippen LogP contribution is -2.24. The maximum absolute atomic E-state index is 12.1. The highest BCUT2D eigenvalue weighted by molar-refractivity contribution is 5.87. The molecule has 130 valence electrons. The van der Waals surface area contributed by atoms with Crippen molar-refractivity contribution in [2.75, 3.05) is 13.1 Å². The number of nitrogens with zero attached hydrogens (tertiary/aromatic N) is 3. The van der Waals surface area contributed by atoms with E-state index >= 15 is 0 Å². The molecule has 1 aliphatic rings. The van der Waals surface area contributed by atoms with Crippen molar-refractivity contribution in [1.82, 2.24) is 5.32 Å². The summed E-state index contributed by atoms with van der Waals surface area (Å²) in [5, 5.41) is 6.35. The highest BCUT2D eigenvalue weighted by Crippen LogP contribution is 2.19. The largest absolute Gasteiger partial charge is 0.356 e. The van der Waals surface area contributed by atoms with Gasteiger partial charge < -0.3 is 5.32 Å². The molecule has 1 heterocycles. The lowest BCUT2D eigenvalue weighted by molar-refractivity contribution is -0.128. The number of hydrogen-bond donors (Lipinski definition) is 1. The Morgan fingerprint density at radius 1 is 1.13 bits per heavy atom. The van der Waals surface area contributed by atoms with Crippen molar-refractivity contribution >= 4 is 11.7 Å². The number of unbranched alkanes of at least 4 members (excludes halogenated alkanes) is 7. The zero-order valence-electron chi connectivity index (χ0n) is 14.1. The molecule has 1 atom stereocenters. The summed E-state index contributed by atoms with van der Waals surface area (Å²) in [4.78, 5) is 26.3. The van der Waals surface area contributed by atoms with Gasteiger partial charge in [0, 0.05) is 36.8 Å². The summed E-state index contributed by atoms with van der Waals surface area (Å²) in [5.74, 6) is 0.259. The van der Waals surface area contributed by atoms with Crippen LogP contribution in [0.4, 0.5) is 0 Å². The number of rotatable bonds is 12. The monoisotopic (exact) mass is 322 g/mol. The van der Waals surface area contributed by atoms with Gasteiger partial charge in [-0.25, -0.2) is 0 Å². The predicted octanol–water partition coefficient (Wildman–Crippen LogP) is 4.29. The summed E-state index contributed by atoms with van der Waals surface area (Å²) in [6.45, 7) is 1.32. The molecule has 0 unspecified atom stereocenters. The van der Waals surface area contributed by atoms with Crippen molar-refractivity contribution in [3.63, 3.8) is 0 Å². The third-order valence-electron chi connectivity index (χ3n) is 4.43. The smallest absolute Gasteiger partial charge is 0.220 e. The first kappa shape index (κ1) is 19.5. The number of Topliss-reactive ketones (excluding diaryl/α,β-unsaturated/α-hetero) is 1. The lowest BCUT2D eigenvalue weighted by Gasteiger charge is -2.11. The van der Waals surface area contributed by atoms with Gasteiger partial charge in [0.05, 0.1) is 0 Å². The van der Waals surface area contributed by atoms with E-state index < -0.39 is 0 Å². The van der Waals surface area contributed by atoms with Crippen LogP contribution in [-0.2, 0) is 9.59 Å². The lowest BCUT2D eigenvalue weighted by atomic mass is 9.92. The van der Waals surface area contributed by atoms with E-state index in [2.05, 4.69) is 15.3 Å². The summed E-state index contributed by atoms with van der Waals surface area (Å²) in [7, 11) is 0. The predicted molar refractivity (Wildman–Crippen MR) is 90.9 cm³/mol. The second-order valence-electron chi connectivity index (χ2n) is 6.39. The first-order valence-corrected chi connectivity index (χ1v) is 9.04. The zero-order chi connectivity index (χ0) is 16.8. The maximum Gasteiger partial charge on any atom is 0.220 e. The quantitative estimate of drug-likeness (QED) is 0.251. The van der Waals surface area contributed by atoms with Crippen LogP contribution in [-0.4, -0.2) is 24.8 Å². The highest BCUT2D eigenvalue weighted by atomic mass is 16.2. The third kappa shape index (κ3) is 9.95. The average Bonchev–Trinajstić information content (AvgIpc) is 2.77. The van der Waals surface area contributed by atoms with E-state index in [0.717, 1.165) is 38.5 Å². The Hall–Kier alpha value is -1.55. The van der Waals surface area contributed by atoms with Gasteiger partial charge in [-0.2, -0.15) is 0 Å². The fourth-order valence-corrected chi connectivity index (χ4v) is 3.04. The van der Waals surface area contributed by atoms with Crippen molar-refractivity contribution in [1.29, 1.82) is 0 Å². The van der Waals surface area contributed by atoms with E-state index in [1.165, 1.54) is 25.7 Å². The van der Waals surface area contributed by atoms with Gasteiger partial charge in [-0.3, -0.25) is 9.59 Å². The Balaban J connectivity index is 1.94. The summed E-state index contributed by atoms with van der Waals surface area (Å²) in [6, 6.07) is 0. The number of nitrogens with one attached hydrogen (secondary N) is 1. The summed E-state index contributed by atoms with van der Waals surface area (Å²) in [5.41, 5.74) is 8.15. The maximum atomic E-state index is 12.1. The van der Waals surface area contributed by atoms with E-state index in [1.807, 2.05) is 0 Å². The normalized spacial score (nSPS) is 17.9. The minimum atomic E-state index is -0.0476. The van der Waals surface area contributed by atoms with E-state index in [0.29, 0.717) is 25.9 Å². The van der Waals surface area contributed by atoms with E-state index in [9.17, 15) is 9.59 Å². The van der Waals surface area contributed by atoms with Gasteiger partial charge in [-0.05, 0) is 31.2 Å². The van der Waals surface area contributed by atoms with Crippen molar-refractivity contribution in [3.8, 4) is 0 Å². The fourth-order valence-electron chi connectivity index (χ4n) is 3.04. The van der Waals surface area contributed by atoms with Crippen LogP contribution in [0.25, 0.3) is 10.4 Å². The Morgan fingerprint density at radius 2 is 1.78 bits per heavy atom. The highest BCUT2D eigenvalue weighted by Gasteiger charge is 2.23. The third-order valence-corrected chi connectivity index (χ3v) is 4.43. The molecule has 0 aliphatic carbocycles. The number of carbonyl (C=O) groups is 2. The van der Waals surface area contributed by atoms with Crippen LogP contribution in [0.3, 0.4) is 0 Å². The molecular weight excluding hydrogens is 292 g/mol. The standard InChI is InChI=1S/C17H30N4O2/c18-21-20-13-8-6-4-2-1-3-5-7-11-16(22)15-10-9-12-19-17(23)14-15/h15H,1-14H2,(H,19,23)/t15-/m0/s1.